The maximum Gasteiger partial charge on any atom is 0.376 e. The van der Waals surface area contributed by atoms with Gasteiger partial charge in [0.05, 0.1) is 25.2 Å². The van der Waals surface area contributed by atoms with Crippen molar-refractivity contribution in [3.05, 3.63) is 18.2 Å². The average molecular weight is 222 g/mol. The van der Waals surface area contributed by atoms with Crippen molar-refractivity contribution in [1.82, 2.24) is 15.3 Å². The van der Waals surface area contributed by atoms with Gasteiger partial charge >= 0.3 is 5.97 Å². The van der Waals surface area contributed by atoms with Crippen molar-refractivity contribution >= 4 is 11.7 Å². The third kappa shape index (κ3) is 2.27. The van der Waals surface area contributed by atoms with Crippen molar-refractivity contribution in [2.75, 3.05) is 38.2 Å². The lowest BCUT2D eigenvalue weighted by Crippen LogP contribution is -2.43. The summed E-state index contributed by atoms with van der Waals surface area (Å²) in [6, 6.07) is 0. The second-order valence-electron chi connectivity index (χ2n) is 3.49. The molecule has 1 aliphatic rings. The first-order valence-corrected chi connectivity index (χ1v) is 5.17. The largest absolute Gasteiger partial charge is 0.463 e. The number of anilines is 1. The quantitative estimate of drug-likeness (QED) is 0.691. The number of rotatable bonds is 2. The summed E-state index contributed by atoms with van der Waals surface area (Å²) < 4.78 is 4.53. The van der Waals surface area contributed by atoms with Crippen molar-refractivity contribution in [1.29, 1.82) is 0 Å². The van der Waals surface area contributed by atoms with E-state index in [4.69, 9.17) is 0 Å². The Hall–Kier alpha value is -1.69. The first-order chi connectivity index (χ1) is 7.81. The van der Waals surface area contributed by atoms with E-state index in [0.717, 1.165) is 31.9 Å². The lowest BCUT2D eigenvalue weighted by Gasteiger charge is -2.28. The summed E-state index contributed by atoms with van der Waals surface area (Å²) >= 11 is 0. The molecule has 2 rings (SSSR count). The van der Waals surface area contributed by atoms with E-state index in [-0.39, 0.29) is 5.82 Å². The van der Waals surface area contributed by atoms with Crippen molar-refractivity contribution in [2.24, 2.45) is 0 Å². The minimum absolute atomic E-state index is 0.0985. The predicted octanol–water partition coefficient (Wildman–Crippen LogP) is -0.327. The zero-order valence-corrected chi connectivity index (χ0v) is 9.14. The number of esters is 1. The molecule has 2 heterocycles. The Balaban J connectivity index is 2.09. The Kier molecular flexibility index (Phi) is 3.31. The second kappa shape index (κ2) is 4.89. The molecule has 0 spiro atoms. The molecule has 16 heavy (non-hydrogen) atoms. The van der Waals surface area contributed by atoms with E-state index < -0.39 is 5.97 Å². The van der Waals surface area contributed by atoms with Gasteiger partial charge in [-0.1, -0.05) is 0 Å². The molecular formula is C10H14N4O2. The molecule has 1 fully saturated rings. The molecule has 1 saturated heterocycles. The molecule has 6 nitrogen and oxygen atoms in total. The highest BCUT2D eigenvalue weighted by Crippen LogP contribution is 2.11. The normalized spacial score (nSPS) is 15.9. The smallest absolute Gasteiger partial charge is 0.376 e. The van der Waals surface area contributed by atoms with Gasteiger partial charge in [0.15, 0.2) is 0 Å². The molecule has 0 aliphatic carbocycles. The molecule has 0 amide bonds. The number of ether oxygens (including phenoxy) is 1. The van der Waals surface area contributed by atoms with Gasteiger partial charge in [0.25, 0.3) is 0 Å². The Morgan fingerprint density at radius 2 is 2.00 bits per heavy atom. The number of nitrogens with one attached hydrogen (secondary N) is 1. The van der Waals surface area contributed by atoms with Crippen LogP contribution in [0, 0.1) is 0 Å². The minimum atomic E-state index is -0.508. The third-order valence-corrected chi connectivity index (χ3v) is 2.49. The zero-order chi connectivity index (χ0) is 11.4. The molecule has 1 N–H and O–H groups in total. The maximum atomic E-state index is 11.1. The Labute approximate surface area is 93.6 Å². The highest BCUT2D eigenvalue weighted by molar-refractivity contribution is 5.85. The molecule has 0 aromatic carbocycles. The van der Waals surface area contributed by atoms with Crippen LogP contribution >= 0.6 is 0 Å². The van der Waals surface area contributed by atoms with Gasteiger partial charge in [0, 0.05) is 26.2 Å². The van der Waals surface area contributed by atoms with Gasteiger partial charge < -0.3 is 15.0 Å². The molecule has 0 bridgehead atoms. The van der Waals surface area contributed by atoms with Crippen LogP contribution in [0.25, 0.3) is 0 Å². The Morgan fingerprint density at radius 1 is 1.38 bits per heavy atom. The highest BCUT2D eigenvalue weighted by atomic mass is 16.5. The summed E-state index contributed by atoms with van der Waals surface area (Å²) in [5, 5.41) is 3.27. The molecule has 86 valence electrons. The predicted molar refractivity (Wildman–Crippen MR) is 58.5 cm³/mol. The number of nitrogens with zero attached hydrogens (tertiary/aromatic N) is 3. The minimum Gasteiger partial charge on any atom is -0.463 e. The molecular weight excluding hydrogens is 208 g/mol. The van der Waals surface area contributed by atoms with Crippen LogP contribution in [0.2, 0.25) is 0 Å². The van der Waals surface area contributed by atoms with Gasteiger partial charge in [-0.2, -0.15) is 0 Å². The molecule has 1 aliphatic heterocycles. The molecule has 1 aromatic rings. The van der Waals surface area contributed by atoms with Crippen molar-refractivity contribution in [3.8, 4) is 0 Å². The molecule has 6 heteroatoms. The number of carbonyl (C=O) groups is 1. The summed E-state index contributed by atoms with van der Waals surface area (Å²) in [5.41, 5.74) is 0.939. The van der Waals surface area contributed by atoms with E-state index in [1.165, 1.54) is 7.11 Å². The van der Waals surface area contributed by atoms with Crippen LogP contribution in [0.5, 0.6) is 0 Å². The molecule has 1 aromatic heterocycles. The molecule has 0 unspecified atom stereocenters. The maximum absolute atomic E-state index is 11.1. The number of carbonyl (C=O) groups excluding carboxylic acids is 1. The lowest BCUT2D eigenvalue weighted by atomic mass is 10.3. The summed E-state index contributed by atoms with van der Waals surface area (Å²) in [6.45, 7) is 3.78. The highest BCUT2D eigenvalue weighted by Gasteiger charge is 2.13. The van der Waals surface area contributed by atoms with Crippen LogP contribution in [-0.4, -0.2) is 49.2 Å². The van der Waals surface area contributed by atoms with Gasteiger partial charge in [0.2, 0.25) is 5.82 Å². The Bertz CT molecular complexity index is 360. The van der Waals surface area contributed by atoms with Crippen LogP contribution in [0.15, 0.2) is 12.4 Å². The van der Waals surface area contributed by atoms with Gasteiger partial charge in [0.1, 0.15) is 0 Å². The fraction of sp³-hybridized carbons (Fsp3) is 0.500. The van der Waals surface area contributed by atoms with E-state index in [0.29, 0.717) is 0 Å². The van der Waals surface area contributed by atoms with Crippen LogP contribution in [0.4, 0.5) is 5.69 Å². The number of methoxy groups -OCH3 is 1. The van der Waals surface area contributed by atoms with Crippen molar-refractivity contribution in [3.63, 3.8) is 0 Å². The second-order valence-corrected chi connectivity index (χ2v) is 3.49. The molecule has 0 atom stereocenters. The van der Waals surface area contributed by atoms with Crippen LogP contribution in [0.3, 0.4) is 0 Å². The molecule has 0 radical (unpaired) electrons. The number of hydrogen-bond acceptors (Lipinski definition) is 6. The van der Waals surface area contributed by atoms with Gasteiger partial charge in [-0.25, -0.2) is 14.8 Å². The first kappa shape index (κ1) is 10.8. The van der Waals surface area contributed by atoms with Crippen LogP contribution in [-0.2, 0) is 4.74 Å². The van der Waals surface area contributed by atoms with E-state index in [2.05, 4.69) is 24.9 Å². The van der Waals surface area contributed by atoms with Crippen LogP contribution in [0.1, 0.15) is 10.6 Å². The SMILES string of the molecule is COC(=O)c1ncc(N2CCNCC2)cn1. The average Bonchev–Trinajstić information content (AvgIpc) is 2.39. The fourth-order valence-electron chi connectivity index (χ4n) is 1.60. The Morgan fingerprint density at radius 3 is 2.56 bits per heavy atom. The summed E-state index contributed by atoms with van der Waals surface area (Å²) in [7, 11) is 1.32. The van der Waals surface area contributed by atoms with E-state index in [1.54, 1.807) is 12.4 Å². The summed E-state index contributed by atoms with van der Waals surface area (Å²) in [5.74, 6) is -0.409. The molecule has 0 saturated carbocycles. The number of aromatic nitrogens is 2. The topological polar surface area (TPSA) is 67.3 Å². The van der Waals surface area contributed by atoms with Crippen LogP contribution < -0.4 is 10.2 Å². The van der Waals surface area contributed by atoms with Gasteiger partial charge in [-0.15, -0.1) is 0 Å². The fourth-order valence-corrected chi connectivity index (χ4v) is 1.60. The monoisotopic (exact) mass is 222 g/mol. The summed E-state index contributed by atoms with van der Waals surface area (Å²) in [4.78, 5) is 21.3. The van der Waals surface area contributed by atoms with E-state index in [1.807, 2.05) is 0 Å². The number of hydrogen-bond donors (Lipinski definition) is 1. The summed E-state index contributed by atoms with van der Waals surface area (Å²) in [6.07, 6.45) is 3.31. The van der Waals surface area contributed by atoms with E-state index in [9.17, 15) is 4.79 Å². The lowest BCUT2D eigenvalue weighted by molar-refractivity contribution is 0.0586. The zero-order valence-electron chi connectivity index (χ0n) is 9.14. The standard InChI is InChI=1S/C10H14N4O2/c1-16-10(15)9-12-6-8(7-13-9)14-4-2-11-3-5-14/h6-7,11H,2-5H2,1H3. The van der Waals surface area contributed by atoms with Crippen molar-refractivity contribution in [2.45, 2.75) is 0 Å². The number of piperazine rings is 1. The van der Waals surface area contributed by atoms with E-state index >= 15 is 0 Å². The van der Waals surface area contributed by atoms with Gasteiger partial charge in [-0.3, -0.25) is 0 Å². The third-order valence-electron chi connectivity index (χ3n) is 2.49. The first-order valence-electron chi connectivity index (χ1n) is 5.17. The van der Waals surface area contributed by atoms with Crippen molar-refractivity contribution < 1.29 is 9.53 Å². The van der Waals surface area contributed by atoms with Gasteiger partial charge in [-0.05, 0) is 0 Å².